The van der Waals surface area contributed by atoms with Gasteiger partial charge in [0.1, 0.15) is 5.75 Å². The van der Waals surface area contributed by atoms with E-state index in [1.165, 1.54) is 11.3 Å². The Bertz CT molecular complexity index is 925. The van der Waals surface area contributed by atoms with Crippen molar-refractivity contribution in [1.82, 2.24) is 4.57 Å². The molecule has 3 rings (SSSR count). The topological polar surface area (TPSA) is 40.5 Å². The minimum atomic E-state index is -1.03. The Morgan fingerprint density at radius 1 is 1.04 bits per heavy atom. The fourth-order valence-electron chi connectivity index (χ4n) is 3.27. The lowest BCUT2D eigenvalue weighted by Gasteiger charge is -2.24. The summed E-state index contributed by atoms with van der Waals surface area (Å²) in [5, 5.41) is 1.10. The summed E-state index contributed by atoms with van der Waals surface area (Å²) in [6.45, 7) is 8.72. The maximum absolute atomic E-state index is 12.1. The van der Waals surface area contributed by atoms with Crippen molar-refractivity contribution in [2.24, 2.45) is 0 Å². The van der Waals surface area contributed by atoms with E-state index < -0.39 is 5.60 Å². The molecule has 4 heteroatoms. The molecule has 0 atom stereocenters. The van der Waals surface area contributed by atoms with Crippen LogP contribution in [-0.2, 0) is 16.1 Å². The number of carbonyl (C=O) groups is 1. The Hall–Kier alpha value is -2.75. The summed E-state index contributed by atoms with van der Waals surface area (Å²) in [4.78, 5) is 12.1. The summed E-state index contributed by atoms with van der Waals surface area (Å²) < 4.78 is 13.4. The maximum atomic E-state index is 12.1. The van der Waals surface area contributed by atoms with Gasteiger partial charge in [-0.05, 0) is 57.0 Å². The van der Waals surface area contributed by atoms with Crippen molar-refractivity contribution < 1.29 is 14.3 Å². The molecule has 1 aromatic heterocycles. The van der Waals surface area contributed by atoms with Crippen LogP contribution < -0.4 is 4.74 Å². The lowest BCUT2D eigenvalue weighted by atomic mass is 10.1. The van der Waals surface area contributed by atoms with Crippen LogP contribution in [-0.4, -0.2) is 22.7 Å². The second-order valence-electron chi connectivity index (χ2n) is 7.10. The number of hydrogen-bond acceptors (Lipinski definition) is 3. The van der Waals surface area contributed by atoms with Crippen LogP contribution in [0.3, 0.4) is 0 Å². The molecule has 27 heavy (non-hydrogen) atoms. The molecule has 0 aliphatic heterocycles. The average molecular weight is 365 g/mol. The Morgan fingerprint density at radius 2 is 1.78 bits per heavy atom. The first-order valence-corrected chi connectivity index (χ1v) is 9.51. The van der Waals surface area contributed by atoms with Gasteiger partial charge in [0, 0.05) is 23.1 Å². The van der Waals surface area contributed by atoms with E-state index >= 15 is 0 Å². The van der Waals surface area contributed by atoms with Crippen molar-refractivity contribution in [1.29, 1.82) is 0 Å². The van der Waals surface area contributed by atoms with Gasteiger partial charge in [-0.15, -0.1) is 0 Å². The third kappa shape index (κ3) is 4.00. The molecule has 1 heterocycles. The average Bonchev–Trinajstić information content (AvgIpc) is 3.00. The molecule has 2 aromatic carbocycles. The van der Waals surface area contributed by atoms with Gasteiger partial charge in [-0.1, -0.05) is 37.3 Å². The second-order valence-corrected chi connectivity index (χ2v) is 7.10. The third-order valence-electron chi connectivity index (χ3n) is 4.53. The maximum Gasteiger partial charge on any atom is 0.349 e. The van der Waals surface area contributed by atoms with Crippen molar-refractivity contribution in [3.05, 3.63) is 54.6 Å². The monoisotopic (exact) mass is 365 g/mol. The smallest absolute Gasteiger partial charge is 0.349 e. The minimum absolute atomic E-state index is 0.338. The number of fused-ring (bicyclic) bond motifs is 1. The van der Waals surface area contributed by atoms with Gasteiger partial charge in [-0.25, -0.2) is 4.79 Å². The SMILES string of the molecule is CCCn1c(-c2ccccc2)cc2cc(OC(C)(C)C(=O)OCC)ccc21. The molecule has 0 aliphatic carbocycles. The van der Waals surface area contributed by atoms with Gasteiger partial charge in [0.2, 0.25) is 0 Å². The van der Waals surface area contributed by atoms with E-state index in [0.29, 0.717) is 12.4 Å². The van der Waals surface area contributed by atoms with Crippen molar-refractivity contribution >= 4 is 16.9 Å². The lowest BCUT2D eigenvalue weighted by Crippen LogP contribution is -2.39. The van der Waals surface area contributed by atoms with E-state index in [0.717, 1.165) is 23.9 Å². The number of nitrogens with zero attached hydrogens (tertiary/aromatic N) is 1. The van der Waals surface area contributed by atoms with E-state index in [2.05, 4.69) is 47.9 Å². The van der Waals surface area contributed by atoms with Gasteiger partial charge in [0.25, 0.3) is 0 Å². The lowest BCUT2D eigenvalue weighted by molar-refractivity contribution is -0.158. The van der Waals surface area contributed by atoms with Gasteiger partial charge in [-0.3, -0.25) is 0 Å². The molecule has 0 fully saturated rings. The Balaban J connectivity index is 1.99. The standard InChI is InChI=1S/C23H27NO3/c1-5-14-24-20-13-12-19(27-23(3,4)22(25)26-6-2)15-18(20)16-21(24)17-10-8-7-9-11-17/h7-13,15-16H,5-6,14H2,1-4H3. The predicted octanol–water partition coefficient (Wildman–Crippen LogP) is 5.44. The van der Waals surface area contributed by atoms with Crippen molar-refractivity contribution in [3.8, 4) is 17.0 Å². The summed E-state index contributed by atoms with van der Waals surface area (Å²) in [6.07, 6.45) is 1.05. The molecule has 0 radical (unpaired) electrons. The summed E-state index contributed by atoms with van der Waals surface area (Å²) in [6, 6.07) is 18.6. The molecule has 0 spiro atoms. The largest absolute Gasteiger partial charge is 0.476 e. The van der Waals surface area contributed by atoms with Gasteiger partial charge in [0.15, 0.2) is 5.60 Å². The zero-order valence-electron chi connectivity index (χ0n) is 16.5. The number of hydrogen-bond donors (Lipinski definition) is 0. The molecule has 0 aliphatic rings. The van der Waals surface area contributed by atoms with Gasteiger partial charge >= 0.3 is 5.97 Å². The van der Waals surface area contributed by atoms with E-state index in [9.17, 15) is 4.79 Å². The number of esters is 1. The highest BCUT2D eigenvalue weighted by Gasteiger charge is 2.31. The summed E-state index contributed by atoms with van der Waals surface area (Å²) >= 11 is 0. The molecule has 0 N–H and O–H groups in total. The first kappa shape index (κ1) is 19.0. The minimum Gasteiger partial charge on any atom is -0.476 e. The van der Waals surface area contributed by atoms with Gasteiger partial charge in [0.05, 0.1) is 6.61 Å². The van der Waals surface area contributed by atoms with Crippen LogP contribution >= 0.6 is 0 Å². The molecule has 0 amide bonds. The predicted molar refractivity (Wildman–Crippen MR) is 109 cm³/mol. The van der Waals surface area contributed by atoms with Gasteiger partial charge < -0.3 is 14.0 Å². The quantitative estimate of drug-likeness (QED) is 0.524. The molecule has 0 saturated carbocycles. The molecule has 0 unspecified atom stereocenters. The first-order chi connectivity index (χ1) is 13.0. The van der Waals surface area contributed by atoms with Crippen LogP contribution in [0.1, 0.15) is 34.1 Å². The Morgan fingerprint density at radius 3 is 2.44 bits per heavy atom. The Kier molecular flexibility index (Phi) is 5.54. The number of benzene rings is 2. The van der Waals surface area contributed by atoms with E-state index in [1.54, 1.807) is 20.8 Å². The van der Waals surface area contributed by atoms with Gasteiger partial charge in [-0.2, -0.15) is 0 Å². The number of aromatic nitrogens is 1. The van der Waals surface area contributed by atoms with Crippen LogP contribution in [0.25, 0.3) is 22.2 Å². The number of rotatable bonds is 7. The summed E-state index contributed by atoms with van der Waals surface area (Å²) in [5.74, 6) is 0.299. The fraction of sp³-hybridized carbons (Fsp3) is 0.348. The van der Waals surface area contributed by atoms with Crippen molar-refractivity contribution in [2.45, 2.75) is 46.3 Å². The highest BCUT2D eigenvalue weighted by atomic mass is 16.6. The molecule has 0 saturated heterocycles. The third-order valence-corrected chi connectivity index (χ3v) is 4.53. The second kappa shape index (κ2) is 7.87. The van der Waals surface area contributed by atoms with Crippen molar-refractivity contribution in [2.75, 3.05) is 6.61 Å². The Labute approximate surface area is 160 Å². The van der Waals surface area contributed by atoms with E-state index in [1.807, 2.05) is 18.2 Å². The summed E-state index contributed by atoms with van der Waals surface area (Å²) in [5.41, 5.74) is 2.51. The van der Waals surface area contributed by atoms with Crippen LogP contribution in [0.2, 0.25) is 0 Å². The molecule has 0 bridgehead atoms. The normalized spacial score (nSPS) is 11.6. The van der Waals surface area contributed by atoms with E-state index in [4.69, 9.17) is 9.47 Å². The number of aryl methyl sites for hydroxylation is 1. The zero-order valence-corrected chi connectivity index (χ0v) is 16.5. The molecular weight excluding hydrogens is 338 g/mol. The van der Waals surface area contributed by atoms with E-state index in [-0.39, 0.29) is 5.97 Å². The molecular formula is C23H27NO3. The molecule has 142 valence electrons. The highest BCUT2D eigenvalue weighted by Crippen LogP contribution is 2.32. The molecule has 3 aromatic rings. The van der Waals surface area contributed by atoms with Crippen molar-refractivity contribution in [3.63, 3.8) is 0 Å². The van der Waals surface area contributed by atoms with Crippen LogP contribution in [0.5, 0.6) is 5.75 Å². The van der Waals surface area contributed by atoms with Crippen LogP contribution in [0, 0.1) is 0 Å². The summed E-state index contributed by atoms with van der Waals surface area (Å²) in [7, 11) is 0. The number of carbonyl (C=O) groups excluding carboxylic acids is 1. The number of ether oxygens (including phenoxy) is 2. The van der Waals surface area contributed by atoms with Crippen LogP contribution in [0.4, 0.5) is 0 Å². The fourth-order valence-corrected chi connectivity index (χ4v) is 3.27. The zero-order chi connectivity index (χ0) is 19.4. The molecule has 4 nitrogen and oxygen atoms in total. The van der Waals surface area contributed by atoms with Crippen LogP contribution in [0.15, 0.2) is 54.6 Å². The first-order valence-electron chi connectivity index (χ1n) is 9.51. The highest BCUT2D eigenvalue weighted by molar-refractivity contribution is 5.88.